The van der Waals surface area contributed by atoms with E-state index in [1.54, 1.807) is 6.92 Å². The molecule has 1 aliphatic heterocycles. The van der Waals surface area contributed by atoms with Gasteiger partial charge in [-0.2, -0.15) is 13.2 Å². The minimum absolute atomic E-state index is 0.0132. The van der Waals surface area contributed by atoms with E-state index in [9.17, 15) is 37.1 Å². The average molecular weight is 419 g/mol. The number of hydrogen-bond acceptors (Lipinski definition) is 4. The maximum atomic E-state index is 13.7. The second-order valence-electron chi connectivity index (χ2n) is 6.85. The van der Waals surface area contributed by atoms with Gasteiger partial charge in [-0.05, 0) is 49.9 Å². The first-order chi connectivity index (χ1) is 13.5. The van der Waals surface area contributed by atoms with Crippen molar-refractivity contribution in [3.8, 4) is 0 Å². The van der Waals surface area contributed by atoms with E-state index in [1.807, 2.05) is 0 Å². The topological polar surface area (TPSA) is 83.9 Å². The first-order valence-corrected chi connectivity index (χ1v) is 9.05. The zero-order valence-corrected chi connectivity index (χ0v) is 15.7. The molecule has 1 aliphatic rings. The number of likely N-dealkylation sites (tertiary alicyclic amines) is 1. The molecule has 10 heteroatoms. The molecule has 1 aromatic carbocycles. The Kier molecular flexibility index (Phi) is 7.21. The summed E-state index contributed by atoms with van der Waals surface area (Å²) in [7, 11) is 0. The molecule has 2 atom stereocenters. The predicted molar refractivity (Wildman–Crippen MR) is 92.6 cm³/mol. The third-order valence-corrected chi connectivity index (χ3v) is 4.80. The quantitative estimate of drug-likeness (QED) is 0.432. The first kappa shape index (κ1) is 22.6. The van der Waals surface area contributed by atoms with E-state index in [2.05, 4.69) is 0 Å². The van der Waals surface area contributed by atoms with Crippen molar-refractivity contribution in [1.29, 1.82) is 0 Å². The Morgan fingerprint density at radius 2 is 1.93 bits per heavy atom. The van der Waals surface area contributed by atoms with Crippen molar-refractivity contribution in [2.24, 2.45) is 5.92 Å². The lowest BCUT2D eigenvalue weighted by molar-refractivity contribution is -0.146. The third kappa shape index (κ3) is 6.16. The summed E-state index contributed by atoms with van der Waals surface area (Å²) in [5.74, 6) is -2.80. The number of benzene rings is 1. The number of hydrogen-bond donors (Lipinski definition) is 1. The van der Waals surface area contributed by atoms with Crippen molar-refractivity contribution in [3.05, 3.63) is 35.1 Å². The van der Waals surface area contributed by atoms with Crippen LogP contribution >= 0.6 is 0 Å². The molecule has 6 nitrogen and oxygen atoms in total. The Morgan fingerprint density at radius 1 is 1.24 bits per heavy atom. The summed E-state index contributed by atoms with van der Waals surface area (Å²) in [5.41, 5.74) is -1.19. The summed E-state index contributed by atoms with van der Waals surface area (Å²) in [5, 5.41) is 9.38. The van der Waals surface area contributed by atoms with Gasteiger partial charge in [-0.25, -0.2) is 9.18 Å². The number of amides is 1. The number of nitrogens with zero attached hydrogens (tertiary/aromatic N) is 1. The predicted octanol–water partition coefficient (Wildman–Crippen LogP) is 3.67. The van der Waals surface area contributed by atoms with Crippen LogP contribution in [0, 0.1) is 11.7 Å². The van der Waals surface area contributed by atoms with E-state index >= 15 is 0 Å². The zero-order chi connectivity index (χ0) is 21.8. The molecule has 29 heavy (non-hydrogen) atoms. The molecule has 0 spiro atoms. The number of Topliss-reactive ketones (excluding diaryl/α,β-unsaturated/α-hetero) is 1. The van der Waals surface area contributed by atoms with E-state index in [0.29, 0.717) is 6.07 Å². The molecule has 2 rings (SSSR count). The van der Waals surface area contributed by atoms with Crippen LogP contribution in [0.4, 0.5) is 22.4 Å². The highest BCUT2D eigenvalue weighted by Gasteiger charge is 2.36. The molecule has 1 aromatic rings. The molecule has 1 fully saturated rings. The van der Waals surface area contributed by atoms with Gasteiger partial charge in [0.2, 0.25) is 0 Å². The molecule has 1 N–H and O–H groups in total. The number of piperidine rings is 1. The maximum Gasteiger partial charge on any atom is 0.416 e. The fourth-order valence-electron chi connectivity index (χ4n) is 3.49. The summed E-state index contributed by atoms with van der Waals surface area (Å²) >= 11 is 0. The van der Waals surface area contributed by atoms with Crippen LogP contribution in [0.2, 0.25) is 0 Å². The summed E-state index contributed by atoms with van der Waals surface area (Å²) in [6, 6.07) is 1.23. The molecule has 0 radical (unpaired) electrons. The minimum Gasteiger partial charge on any atom is -0.466 e. The van der Waals surface area contributed by atoms with Crippen LogP contribution in [0.25, 0.3) is 0 Å². The van der Waals surface area contributed by atoms with Crippen LogP contribution in [0.15, 0.2) is 18.2 Å². The van der Waals surface area contributed by atoms with E-state index in [-0.39, 0.29) is 38.0 Å². The Labute approximate surface area is 164 Å². The van der Waals surface area contributed by atoms with Crippen molar-refractivity contribution in [2.45, 2.75) is 44.8 Å². The molecule has 0 bridgehead atoms. The highest BCUT2D eigenvalue weighted by Crippen LogP contribution is 2.32. The number of carboxylic acid groups (broad SMARTS) is 1. The lowest BCUT2D eigenvalue weighted by Gasteiger charge is -2.37. The highest BCUT2D eigenvalue weighted by atomic mass is 19.4. The van der Waals surface area contributed by atoms with Gasteiger partial charge < -0.3 is 14.7 Å². The number of ether oxygens (including phenoxy) is 1. The van der Waals surface area contributed by atoms with Gasteiger partial charge in [0.15, 0.2) is 0 Å². The third-order valence-electron chi connectivity index (χ3n) is 4.80. The number of rotatable bonds is 6. The number of ketones is 1. The largest absolute Gasteiger partial charge is 0.466 e. The van der Waals surface area contributed by atoms with E-state index < -0.39 is 53.8 Å². The van der Waals surface area contributed by atoms with Gasteiger partial charge >= 0.3 is 18.2 Å². The van der Waals surface area contributed by atoms with Gasteiger partial charge in [-0.3, -0.25) is 9.59 Å². The molecule has 1 heterocycles. The Hall–Kier alpha value is -2.65. The molecule has 1 amide bonds. The first-order valence-electron chi connectivity index (χ1n) is 9.05. The normalized spacial score (nSPS) is 19.7. The number of halogens is 4. The number of carbonyl (C=O) groups is 3. The van der Waals surface area contributed by atoms with E-state index in [4.69, 9.17) is 4.74 Å². The van der Waals surface area contributed by atoms with Gasteiger partial charge in [-0.15, -0.1) is 0 Å². The Bertz CT molecular complexity index is 780. The van der Waals surface area contributed by atoms with Gasteiger partial charge in [0.25, 0.3) is 0 Å². The smallest absolute Gasteiger partial charge is 0.416 e. The van der Waals surface area contributed by atoms with Gasteiger partial charge in [0.05, 0.1) is 12.2 Å². The Balaban J connectivity index is 2.19. The SMILES string of the molecule is CCOC(=O)CC(=O)[C@@H]1CCN(C(=O)O)[C@@H](Cc2cc(F)cc(C(F)(F)F)c2)C1. The van der Waals surface area contributed by atoms with Gasteiger partial charge in [-0.1, -0.05) is 0 Å². The van der Waals surface area contributed by atoms with E-state index in [0.717, 1.165) is 17.0 Å². The zero-order valence-electron chi connectivity index (χ0n) is 15.7. The minimum atomic E-state index is -4.74. The average Bonchev–Trinajstić information content (AvgIpc) is 2.60. The molecular weight excluding hydrogens is 398 g/mol. The van der Waals surface area contributed by atoms with Gasteiger partial charge in [0, 0.05) is 18.5 Å². The lowest BCUT2D eigenvalue weighted by Crippen LogP contribution is -2.48. The Morgan fingerprint density at radius 3 is 2.52 bits per heavy atom. The van der Waals surface area contributed by atoms with Crippen molar-refractivity contribution < 1.29 is 41.8 Å². The monoisotopic (exact) mass is 419 g/mol. The summed E-state index contributed by atoms with van der Waals surface area (Å²) < 4.78 is 57.2. The van der Waals surface area contributed by atoms with Crippen LogP contribution in [0.1, 0.15) is 37.3 Å². The van der Waals surface area contributed by atoms with Crippen LogP contribution in [0.3, 0.4) is 0 Å². The maximum absolute atomic E-state index is 13.7. The van der Waals surface area contributed by atoms with E-state index in [1.165, 1.54) is 0 Å². The number of alkyl halides is 3. The fraction of sp³-hybridized carbons (Fsp3) is 0.526. The van der Waals surface area contributed by atoms with Crippen LogP contribution in [-0.4, -0.2) is 47.0 Å². The molecule has 160 valence electrons. The van der Waals surface area contributed by atoms with Crippen molar-refractivity contribution in [2.75, 3.05) is 13.2 Å². The molecule has 1 saturated heterocycles. The van der Waals surface area contributed by atoms with Crippen molar-refractivity contribution in [1.82, 2.24) is 4.90 Å². The molecule has 0 saturated carbocycles. The second-order valence-corrected chi connectivity index (χ2v) is 6.85. The molecule has 0 aliphatic carbocycles. The summed E-state index contributed by atoms with van der Waals surface area (Å²) in [6.07, 6.45) is -6.43. The van der Waals surface area contributed by atoms with Crippen molar-refractivity contribution in [3.63, 3.8) is 0 Å². The molecule has 0 unspecified atom stereocenters. The van der Waals surface area contributed by atoms with Crippen LogP contribution in [-0.2, 0) is 26.9 Å². The van der Waals surface area contributed by atoms with Crippen LogP contribution in [0.5, 0.6) is 0 Å². The lowest BCUT2D eigenvalue weighted by atomic mass is 9.84. The summed E-state index contributed by atoms with van der Waals surface area (Å²) in [4.78, 5) is 36.4. The standard InChI is InChI=1S/C19H21F4NO5/c1-2-29-17(26)10-16(25)12-3-4-24(18(27)28)15(8-12)7-11-5-13(19(21,22)23)9-14(20)6-11/h5-6,9,12,15H,2-4,7-8,10H2,1H3,(H,27,28)/t12-,15+/m1/s1. The highest BCUT2D eigenvalue weighted by molar-refractivity contribution is 5.96. The molecule has 0 aromatic heterocycles. The van der Waals surface area contributed by atoms with Gasteiger partial charge in [0.1, 0.15) is 18.0 Å². The molecular formula is C19H21F4NO5. The summed E-state index contributed by atoms with van der Waals surface area (Å²) in [6.45, 7) is 1.70. The number of esters is 1. The second kappa shape index (κ2) is 9.23. The van der Waals surface area contributed by atoms with Crippen molar-refractivity contribution >= 4 is 17.8 Å². The number of carbonyl (C=O) groups excluding carboxylic acids is 2. The van der Waals surface area contributed by atoms with Crippen LogP contribution < -0.4 is 0 Å². The fourth-order valence-corrected chi connectivity index (χ4v) is 3.49.